The van der Waals surface area contributed by atoms with E-state index in [1.165, 1.54) is 6.33 Å². The summed E-state index contributed by atoms with van der Waals surface area (Å²) in [6.45, 7) is 3.80. The molecule has 100 valence electrons. The smallest absolute Gasteiger partial charge is 0.248 e. The van der Waals surface area contributed by atoms with Crippen LogP contribution in [0.2, 0.25) is 5.02 Å². The molecular formula is C12H14ClN5O. The Morgan fingerprint density at radius 2 is 1.84 bits per heavy atom. The van der Waals surface area contributed by atoms with Crippen LogP contribution in [0.3, 0.4) is 0 Å². The highest BCUT2D eigenvalue weighted by molar-refractivity contribution is 6.32. The first-order valence-electron chi connectivity index (χ1n) is 5.54. The predicted octanol–water partition coefficient (Wildman–Crippen LogP) is 2.41. The van der Waals surface area contributed by atoms with Crippen LogP contribution >= 0.6 is 11.6 Å². The molecular weight excluding hydrogens is 266 g/mol. The Hall–Kier alpha value is -2.05. The highest BCUT2D eigenvalue weighted by Gasteiger charge is 2.11. The first-order chi connectivity index (χ1) is 9.02. The van der Waals surface area contributed by atoms with Gasteiger partial charge in [-0.25, -0.2) is 10.8 Å². The quantitative estimate of drug-likeness (QED) is 0.589. The van der Waals surface area contributed by atoms with Crippen LogP contribution in [0.1, 0.15) is 11.1 Å². The normalized spacial score (nSPS) is 10.3. The van der Waals surface area contributed by atoms with Gasteiger partial charge in [-0.3, -0.25) is 0 Å². The number of benzene rings is 1. The Bertz CT molecular complexity index is 594. The third kappa shape index (κ3) is 2.69. The van der Waals surface area contributed by atoms with Crippen molar-refractivity contribution in [2.45, 2.75) is 13.8 Å². The van der Waals surface area contributed by atoms with Gasteiger partial charge in [0.05, 0.1) is 0 Å². The second kappa shape index (κ2) is 5.29. The summed E-state index contributed by atoms with van der Waals surface area (Å²) in [6.07, 6.45) is 1.32. The van der Waals surface area contributed by atoms with Crippen molar-refractivity contribution >= 4 is 23.1 Å². The highest BCUT2D eigenvalue weighted by Crippen LogP contribution is 2.32. The van der Waals surface area contributed by atoms with E-state index in [4.69, 9.17) is 27.9 Å². The van der Waals surface area contributed by atoms with E-state index in [0.717, 1.165) is 11.1 Å². The lowest BCUT2D eigenvalue weighted by atomic mass is 10.1. The highest BCUT2D eigenvalue weighted by atomic mass is 35.5. The Kier molecular flexibility index (Phi) is 3.73. The van der Waals surface area contributed by atoms with Crippen LogP contribution in [0.25, 0.3) is 0 Å². The van der Waals surface area contributed by atoms with Crippen molar-refractivity contribution in [3.63, 3.8) is 0 Å². The van der Waals surface area contributed by atoms with Crippen molar-refractivity contribution in [2.75, 3.05) is 11.2 Å². The number of aryl methyl sites for hydroxylation is 2. The third-order valence-corrected chi connectivity index (χ3v) is 3.20. The molecule has 0 unspecified atom stereocenters. The number of aromatic nitrogens is 2. The maximum Gasteiger partial charge on any atom is 0.248 e. The molecule has 2 aromatic rings. The van der Waals surface area contributed by atoms with Crippen molar-refractivity contribution in [1.82, 2.24) is 9.97 Å². The van der Waals surface area contributed by atoms with E-state index in [2.05, 4.69) is 15.4 Å². The Morgan fingerprint density at radius 3 is 2.42 bits per heavy atom. The molecule has 0 spiro atoms. The fourth-order valence-electron chi connectivity index (χ4n) is 1.65. The number of rotatable bonds is 3. The molecule has 6 nitrogen and oxygen atoms in total. The van der Waals surface area contributed by atoms with Gasteiger partial charge < -0.3 is 15.9 Å². The number of hydrogen-bond donors (Lipinski definition) is 3. The van der Waals surface area contributed by atoms with Crippen LogP contribution in [-0.4, -0.2) is 9.97 Å². The fraction of sp³-hybridized carbons (Fsp3) is 0.167. The standard InChI is InChI=1S/C12H14ClN5O/c1-6-3-8(4-7(2)9(6)13)19-12-10(14)11(18-15)16-5-17-12/h3-5H,14-15H2,1-2H3,(H,16,17,18). The molecule has 0 bridgehead atoms. The van der Waals surface area contributed by atoms with E-state index in [1.54, 1.807) is 0 Å². The second-order valence-electron chi connectivity index (χ2n) is 4.06. The minimum absolute atomic E-state index is 0.240. The van der Waals surface area contributed by atoms with Gasteiger partial charge in [-0.05, 0) is 37.1 Å². The largest absolute Gasteiger partial charge is 0.437 e. The number of nitrogen functional groups attached to an aromatic ring is 2. The van der Waals surface area contributed by atoms with Crippen molar-refractivity contribution in [3.05, 3.63) is 34.6 Å². The molecule has 5 N–H and O–H groups in total. The van der Waals surface area contributed by atoms with E-state index in [0.29, 0.717) is 16.6 Å². The first kappa shape index (κ1) is 13.4. The molecule has 0 amide bonds. The summed E-state index contributed by atoms with van der Waals surface area (Å²) in [6, 6.07) is 3.62. The number of hydrazine groups is 1. The lowest BCUT2D eigenvalue weighted by Crippen LogP contribution is -2.12. The van der Waals surface area contributed by atoms with Crippen molar-refractivity contribution in [2.24, 2.45) is 5.84 Å². The number of halogens is 1. The molecule has 1 heterocycles. The zero-order chi connectivity index (χ0) is 14.0. The minimum atomic E-state index is 0.240. The minimum Gasteiger partial charge on any atom is -0.437 e. The lowest BCUT2D eigenvalue weighted by Gasteiger charge is -2.11. The molecule has 0 atom stereocenters. The van der Waals surface area contributed by atoms with Gasteiger partial charge in [-0.2, -0.15) is 4.98 Å². The van der Waals surface area contributed by atoms with Crippen LogP contribution in [0, 0.1) is 13.8 Å². The molecule has 0 aliphatic heterocycles. The van der Waals surface area contributed by atoms with E-state index in [-0.39, 0.29) is 11.6 Å². The molecule has 2 rings (SSSR count). The van der Waals surface area contributed by atoms with E-state index >= 15 is 0 Å². The number of hydrogen-bond acceptors (Lipinski definition) is 6. The molecule has 0 fully saturated rings. The molecule has 0 saturated heterocycles. The molecule has 19 heavy (non-hydrogen) atoms. The zero-order valence-electron chi connectivity index (χ0n) is 10.6. The maximum absolute atomic E-state index is 6.10. The lowest BCUT2D eigenvalue weighted by molar-refractivity contribution is 0.464. The summed E-state index contributed by atoms with van der Waals surface area (Å²) >= 11 is 6.10. The zero-order valence-corrected chi connectivity index (χ0v) is 11.3. The van der Waals surface area contributed by atoms with Gasteiger partial charge >= 0.3 is 0 Å². The van der Waals surface area contributed by atoms with Gasteiger partial charge in [-0.1, -0.05) is 11.6 Å². The average Bonchev–Trinajstić information content (AvgIpc) is 2.38. The average molecular weight is 280 g/mol. The SMILES string of the molecule is Cc1cc(Oc2ncnc(NN)c2N)cc(C)c1Cl. The van der Waals surface area contributed by atoms with Crippen molar-refractivity contribution < 1.29 is 4.74 Å². The Labute approximate surface area is 115 Å². The summed E-state index contributed by atoms with van der Waals surface area (Å²) in [5.74, 6) is 6.44. The van der Waals surface area contributed by atoms with Gasteiger partial charge in [0.25, 0.3) is 0 Å². The van der Waals surface area contributed by atoms with Crippen molar-refractivity contribution in [1.29, 1.82) is 0 Å². The predicted molar refractivity (Wildman–Crippen MR) is 75.3 cm³/mol. The van der Waals surface area contributed by atoms with Gasteiger partial charge in [0.15, 0.2) is 5.82 Å². The van der Waals surface area contributed by atoms with Gasteiger partial charge in [-0.15, -0.1) is 0 Å². The van der Waals surface area contributed by atoms with Crippen LogP contribution in [0.5, 0.6) is 11.6 Å². The van der Waals surface area contributed by atoms with Crippen LogP contribution in [0.15, 0.2) is 18.5 Å². The third-order valence-electron chi connectivity index (χ3n) is 2.61. The number of ether oxygens (including phenoxy) is 1. The number of nitrogens with zero attached hydrogens (tertiary/aromatic N) is 2. The Morgan fingerprint density at radius 1 is 1.21 bits per heavy atom. The Balaban J connectivity index is 2.36. The van der Waals surface area contributed by atoms with Crippen LogP contribution < -0.4 is 21.7 Å². The van der Waals surface area contributed by atoms with E-state index in [9.17, 15) is 0 Å². The number of nitrogens with one attached hydrogen (secondary N) is 1. The maximum atomic E-state index is 6.10. The topological polar surface area (TPSA) is 99.1 Å². The second-order valence-corrected chi connectivity index (χ2v) is 4.44. The van der Waals surface area contributed by atoms with Gasteiger partial charge in [0.1, 0.15) is 17.8 Å². The fourth-order valence-corrected chi connectivity index (χ4v) is 1.76. The summed E-state index contributed by atoms with van der Waals surface area (Å²) in [7, 11) is 0. The summed E-state index contributed by atoms with van der Waals surface area (Å²) in [5.41, 5.74) is 10.3. The van der Waals surface area contributed by atoms with E-state index in [1.807, 2.05) is 26.0 Å². The molecule has 1 aromatic carbocycles. The molecule has 7 heteroatoms. The van der Waals surface area contributed by atoms with E-state index < -0.39 is 0 Å². The van der Waals surface area contributed by atoms with Crippen molar-refractivity contribution in [3.8, 4) is 11.6 Å². The van der Waals surface area contributed by atoms with Gasteiger partial charge in [0, 0.05) is 5.02 Å². The van der Waals surface area contributed by atoms with Gasteiger partial charge in [0.2, 0.25) is 5.88 Å². The molecule has 0 aliphatic rings. The van der Waals surface area contributed by atoms with Crippen LogP contribution in [0.4, 0.5) is 11.5 Å². The molecule has 1 aromatic heterocycles. The first-order valence-corrected chi connectivity index (χ1v) is 5.92. The molecule has 0 saturated carbocycles. The summed E-state index contributed by atoms with van der Waals surface area (Å²) in [4.78, 5) is 7.85. The monoisotopic (exact) mass is 279 g/mol. The van der Waals surface area contributed by atoms with Crippen LogP contribution in [-0.2, 0) is 0 Å². The number of anilines is 2. The number of nitrogens with two attached hydrogens (primary N) is 2. The summed E-state index contributed by atoms with van der Waals surface area (Å²) < 4.78 is 5.64. The molecule has 0 aliphatic carbocycles. The summed E-state index contributed by atoms with van der Waals surface area (Å²) in [5, 5.41) is 0.715. The molecule has 0 radical (unpaired) electrons.